The minimum atomic E-state index is -0.177. The van der Waals surface area contributed by atoms with Crippen LogP contribution in [0.15, 0.2) is 10.7 Å². The molecule has 0 aromatic carbocycles. The fourth-order valence-electron chi connectivity index (χ4n) is 3.52. The molecular weight excluding hydrogens is 346 g/mol. The molecule has 0 spiro atoms. The summed E-state index contributed by atoms with van der Waals surface area (Å²) < 4.78 is 12.3. The molecule has 1 aliphatic rings. The smallest absolute Gasteiger partial charge is 0.248 e. The van der Waals surface area contributed by atoms with Crippen LogP contribution in [0.5, 0.6) is 0 Å². The molecule has 1 N–H and O–H groups in total. The average molecular weight is 371 g/mol. The van der Waals surface area contributed by atoms with E-state index in [9.17, 15) is 0 Å². The van der Waals surface area contributed by atoms with E-state index in [1.807, 2.05) is 14.0 Å². The predicted octanol–water partition coefficient (Wildman–Crippen LogP) is 2.77. The fraction of sp³-hybridized carbons (Fsp3) is 0.611. The molecular formula is C18H25N7O2. The second-order valence-electron chi connectivity index (χ2n) is 7.07. The van der Waals surface area contributed by atoms with Gasteiger partial charge in [-0.1, -0.05) is 18.0 Å². The van der Waals surface area contributed by atoms with Crippen LogP contribution < -0.4 is 5.32 Å². The van der Waals surface area contributed by atoms with Gasteiger partial charge in [0.2, 0.25) is 5.89 Å². The number of nitrogens with one attached hydrogen (secondary N) is 1. The molecule has 9 nitrogen and oxygen atoms in total. The predicted molar refractivity (Wildman–Crippen MR) is 99.4 cm³/mol. The third-order valence-electron chi connectivity index (χ3n) is 5.07. The lowest BCUT2D eigenvalue weighted by molar-refractivity contribution is 0.199. The summed E-state index contributed by atoms with van der Waals surface area (Å²) >= 11 is 0. The molecule has 3 aromatic heterocycles. The molecule has 4 rings (SSSR count). The molecule has 3 aromatic rings. The molecule has 9 heteroatoms. The lowest BCUT2D eigenvalue weighted by Crippen LogP contribution is -2.12. The Morgan fingerprint density at radius 3 is 2.89 bits per heavy atom. The van der Waals surface area contributed by atoms with Gasteiger partial charge in [0, 0.05) is 26.5 Å². The number of fused-ring (bicyclic) bond motifs is 1. The normalized spacial score (nSPS) is 16.3. The standard InChI is InChI=1S/C18H25N7O2/c1-11(18-21-14(24-27-18)8-9-26-3)20-16-13-10-19-25(2)17(13)23-15(22-16)12-6-4-5-7-12/h10-12H,4-9H2,1-3H3,(H,20,22,23)/t11-/m0/s1. The SMILES string of the molecule is COCCc1noc([C@H](C)Nc2nc(C3CCCC3)nc3c2cnn3C)n1. The molecule has 27 heavy (non-hydrogen) atoms. The number of hydrogen-bond donors (Lipinski definition) is 1. The highest BCUT2D eigenvalue weighted by Crippen LogP contribution is 2.34. The molecule has 0 unspecified atom stereocenters. The van der Waals surface area contributed by atoms with Crippen LogP contribution in [-0.4, -0.2) is 43.6 Å². The molecule has 1 fully saturated rings. The highest BCUT2D eigenvalue weighted by atomic mass is 16.5. The third-order valence-corrected chi connectivity index (χ3v) is 5.07. The third kappa shape index (κ3) is 3.64. The van der Waals surface area contributed by atoms with E-state index in [4.69, 9.17) is 19.2 Å². The average Bonchev–Trinajstić information content (AvgIpc) is 3.41. The Bertz CT molecular complexity index is 914. The zero-order valence-corrected chi connectivity index (χ0v) is 16.0. The van der Waals surface area contributed by atoms with Crippen molar-refractivity contribution in [2.24, 2.45) is 7.05 Å². The highest BCUT2D eigenvalue weighted by Gasteiger charge is 2.24. The quantitative estimate of drug-likeness (QED) is 0.676. The van der Waals surface area contributed by atoms with Gasteiger partial charge in [0.25, 0.3) is 0 Å². The van der Waals surface area contributed by atoms with E-state index in [1.54, 1.807) is 18.0 Å². The van der Waals surface area contributed by atoms with Gasteiger partial charge in [-0.15, -0.1) is 0 Å². The van der Waals surface area contributed by atoms with Gasteiger partial charge < -0.3 is 14.6 Å². The topological polar surface area (TPSA) is 104 Å². The summed E-state index contributed by atoms with van der Waals surface area (Å²) in [5.41, 5.74) is 0.841. The van der Waals surface area contributed by atoms with Crippen molar-refractivity contribution in [2.45, 2.75) is 51.0 Å². The number of hydrogen-bond acceptors (Lipinski definition) is 8. The summed E-state index contributed by atoms with van der Waals surface area (Å²) in [5, 5.41) is 12.7. The largest absolute Gasteiger partial charge is 0.384 e. The van der Waals surface area contributed by atoms with Crippen molar-refractivity contribution in [3.63, 3.8) is 0 Å². The first kappa shape index (κ1) is 17.8. The van der Waals surface area contributed by atoms with E-state index in [1.165, 1.54) is 12.8 Å². The molecule has 1 aliphatic carbocycles. The van der Waals surface area contributed by atoms with E-state index < -0.39 is 0 Å². The van der Waals surface area contributed by atoms with Crippen LogP contribution >= 0.6 is 0 Å². The molecule has 3 heterocycles. The maximum absolute atomic E-state index is 5.40. The van der Waals surface area contributed by atoms with Gasteiger partial charge in [0.15, 0.2) is 11.5 Å². The van der Waals surface area contributed by atoms with Crippen LogP contribution in [0.4, 0.5) is 5.82 Å². The van der Waals surface area contributed by atoms with Gasteiger partial charge in [-0.25, -0.2) is 9.97 Å². The Morgan fingerprint density at radius 1 is 1.30 bits per heavy atom. The summed E-state index contributed by atoms with van der Waals surface area (Å²) in [6, 6.07) is -0.177. The van der Waals surface area contributed by atoms with Crippen molar-refractivity contribution in [3.8, 4) is 0 Å². The Morgan fingerprint density at radius 2 is 2.11 bits per heavy atom. The molecule has 0 amide bonds. The zero-order chi connectivity index (χ0) is 18.8. The van der Waals surface area contributed by atoms with E-state index in [-0.39, 0.29) is 6.04 Å². The highest BCUT2D eigenvalue weighted by molar-refractivity contribution is 5.86. The number of anilines is 1. The Kier molecular flexibility index (Phi) is 5.02. The lowest BCUT2D eigenvalue weighted by atomic mass is 10.1. The van der Waals surface area contributed by atoms with E-state index in [0.717, 1.165) is 35.5 Å². The first-order valence-electron chi connectivity index (χ1n) is 9.43. The maximum Gasteiger partial charge on any atom is 0.248 e. The summed E-state index contributed by atoms with van der Waals surface area (Å²) in [7, 11) is 3.56. The van der Waals surface area contributed by atoms with Gasteiger partial charge in [-0.05, 0) is 19.8 Å². The Balaban J connectivity index is 1.61. The second kappa shape index (κ2) is 7.59. The molecule has 144 valence electrons. The number of aryl methyl sites for hydroxylation is 1. The van der Waals surface area contributed by atoms with Crippen molar-refractivity contribution >= 4 is 16.9 Å². The molecule has 0 radical (unpaired) electrons. The second-order valence-corrected chi connectivity index (χ2v) is 7.07. The summed E-state index contributed by atoms with van der Waals surface area (Å²) in [5.74, 6) is 3.24. The van der Waals surface area contributed by atoms with E-state index in [0.29, 0.717) is 30.7 Å². The van der Waals surface area contributed by atoms with Gasteiger partial charge in [-0.3, -0.25) is 4.68 Å². The van der Waals surface area contributed by atoms with E-state index >= 15 is 0 Å². The number of nitrogens with zero attached hydrogens (tertiary/aromatic N) is 6. The molecule has 1 saturated carbocycles. The van der Waals surface area contributed by atoms with Gasteiger partial charge in [-0.2, -0.15) is 10.1 Å². The maximum atomic E-state index is 5.40. The Labute approximate surface area is 157 Å². The number of aromatic nitrogens is 6. The minimum Gasteiger partial charge on any atom is -0.384 e. The molecule has 1 atom stereocenters. The Hall–Kier alpha value is -2.55. The van der Waals surface area contributed by atoms with Crippen molar-refractivity contribution in [2.75, 3.05) is 19.0 Å². The first-order valence-corrected chi connectivity index (χ1v) is 9.43. The monoisotopic (exact) mass is 371 g/mol. The van der Waals surface area contributed by atoms with Crippen LogP contribution in [0, 0.1) is 0 Å². The van der Waals surface area contributed by atoms with Crippen molar-refractivity contribution < 1.29 is 9.26 Å². The number of ether oxygens (including phenoxy) is 1. The van der Waals surface area contributed by atoms with Crippen LogP contribution in [0.25, 0.3) is 11.0 Å². The van der Waals surface area contributed by atoms with Crippen molar-refractivity contribution in [1.82, 2.24) is 29.9 Å². The lowest BCUT2D eigenvalue weighted by Gasteiger charge is -2.14. The number of rotatable bonds is 7. The molecule has 0 aliphatic heterocycles. The van der Waals surface area contributed by atoms with Gasteiger partial charge in [0.1, 0.15) is 17.7 Å². The summed E-state index contributed by atoms with van der Waals surface area (Å²) in [4.78, 5) is 14.1. The fourth-order valence-corrected chi connectivity index (χ4v) is 3.52. The van der Waals surface area contributed by atoms with Crippen LogP contribution in [0.2, 0.25) is 0 Å². The van der Waals surface area contributed by atoms with Crippen molar-refractivity contribution in [3.05, 3.63) is 23.7 Å². The van der Waals surface area contributed by atoms with Gasteiger partial charge in [0.05, 0.1) is 18.2 Å². The first-order chi connectivity index (χ1) is 13.2. The van der Waals surface area contributed by atoms with E-state index in [2.05, 4.69) is 20.6 Å². The van der Waals surface area contributed by atoms with Crippen molar-refractivity contribution in [1.29, 1.82) is 0 Å². The molecule has 0 bridgehead atoms. The van der Waals surface area contributed by atoms with Crippen LogP contribution in [-0.2, 0) is 18.2 Å². The summed E-state index contributed by atoms with van der Waals surface area (Å²) in [6.07, 6.45) is 7.18. The zero-order valence-electron chi connectivity index (χ0n) is 16.0. The van der Waals surface area contributed by atoms with Gasteiger partial charge >= 0.3 is 0 Å². The molecule has 0 saturated heterocycles. The van der Waals surface area contributed by atoms with Crippen LogP contribution in [0.1, 0.15) is 62.1 Å². The van der Waals surface area contributed by atoms with Crippen LogP contribution in [0.3, 0.4) is 0 Å². The number of methoxy groups -OCH3 is 1. The summed E-state index contributed by atoms with van der Waals surface area (Å²) in [6.45, 7) is 2.54. The minimum absolute atomic E-state index is 0.177.